The molecule has 1 aromatic rings. The van der Waals surface area contributed by atoms with E-state index in [0.29, 0.717) is 6.42 Å². The predicted octanol–water partition coefficient (Wildman–Crippen LogP) is 2.56. The first-order chi connectivity index (χ1) is 10.8. The molecule has 1 aliphatic heterocycles. The first-order valence-electron chi connectivity index (χ1n) is 7.48. The first kappa shape index (κ1) is 17.7. The van der Waals surface area contributed by atoms with Crippen molar-refractivity contribution >= 4 is 23.5 Å². The van der Waals surface area contributed by atoms with E-state index in [1.54, 1.807) is 0 Å². The molecule has 1 heterocycles. The Morgan fingerprint density at radius 2 is 2.17 bits per heavy atom. The molecule has 7 heteroatoms. The lowest BCUT2D eigenvalue weighted by Gasteiger charge is -2.43. The molecule has 2 N–H and O–H groups in total. The Balaban J connectivity index is 2.32. The topological polar surface area (TPSA) is 77.8 Å². The summed E-state index contributed by atoms with van der Waals surface area (Å²) in [5.74, 6) is -2.57. The maximum absolute atomic E-state index is 14.0. The third-order valence-corrected chi connectivity index (χ3v) is 4.67. The molecule has 0 saturated carbocycles. The van der Waals surface area contributed by atoms with E-state index in [9.17, 15) is 24.2 Å². The minimum absolute atomic E-state index is 0.139. The number of aliphatic carboxylic acids is 1. The molecular formula is C16H19ClFNO4. The number of piperidine rings is 1. The van der Waals surface area contributed by atoms with Crippen LogP contribution < -0.4 is 0 Å². The van der Waals surface area contributed by atoms with Crippen LogP contribution in [0.5, 0.6) is 0 Å². The van der Waals surface area contributed by atoms with Crippen LogP contribution in [-0.2, 0) is 4.79 Å². The molecule has 23 heavy (non-hydrogen) atoms. The van der Waals surface area contributed by atoms with Gasteiger partial charge in [0.05, 0.1) is 16.7 Å². The minimum Gasteiger partial charge on any atom is -0.481 e. The van der Waals surface area contributed by atoms with E-state index in [1.807, 2.05) is 6.92 Å². The van der Waals surface area contributed by atoms with Crippen LogP contribution in [0.15, 0.2) is 18.2 Å². The number of hydrogen-bond acceptors (Lipinski definition) is 3. The number of aliphatic hydroxyl groups excluding tert-OH is 1. The third-order valence-electron chi connectivity index (χ3n) is 4.37. The van der Waals surface area contributed by atoms with Crippen molar-refractivity contribution in [2.24, 2.45) is 5.41 Å². The van der Waals surface area contributed by atoms with E-state index in [4.69, 9.17) is 11.6 Å². The molecule has 0 bridgehead atoms. The summed E-state index contributed by atoms with van der Waals surface area (Å²) in [7, 11) is 0. The van der Waals surface area contributed by atoms with Crippen LogP contribution in [0.2, 0.25) is 5.02 Å². The molecule has 1 amide bonds. The minimum atomic E-state index is -1.42. The molecule has 0 unspecified atom stereocenters. The average Bonchev–Trinajstić information content (AvgIpc) is 2.51. The van der Waals surface area contributed by atoms with Crippen LogP contribution in [0.4, 0.5) is 4.39 Å². The van der Waals surface area contributed by atoms with Gasteiger partial charge in [-0.1, -0.05) is 31.0 Å². The maximum atomic E-state index is 14.0. The molecule has 1 saturated heterocycles. The van der Waals surface area contributed by atoms with Gasteiger partial charge in [0, 0.05) is 13.1 Å². The molecule has 2 rings (SSSR count). The van der Waals surface area contributed by atoms with Gasteiger partial charge in [-0.25, -0.2) is 4.39 Å². The predicted molar refractivity (Wildman–Crippen MR) is 82.9 cm³/mol. The van der Waals surface area contributed by atoms with Crippen molar-refractivity contribution in [3.05, 3.63) is 34.6 Å². The highest BCUT2D eigenvalue weighted by molar-refractivity contribution is 6.31. The molecule has 126 valence electrons. The number of benzene rings is 1. The van der Waals surface area contributed by atoms with E-state index in [2.05, 4.69) is 0 Å². The number of carboxylic acid groups (broad SMARTS) is 1. The number of likely N-dealkylation sites (tertiary alicyclic amines) is 1. The van der Waals surface area contributed by atoms with Crippen molar-refractivity contribution in [3.8, 4) is 0 Å². The third kappa shape index (κ3) is 3.19. The smallest absolute Gasteiger partial charge is 0.314 e. The van der Waals surface area contributed by atoms with Crippen LogP contribution in [-0.4, -0.2) is 46.2 Å². The summed E-state index contributed by atoms with van der Waals surface area (Å²) in [5.41, 5.74) is -1.61. The van der Waals surface area contributed by atoms with Crippen molar-refractivity contribution in [2.45, 2.75) is 32.3 Å². The molecule has 1 fully saturated rings. The summed E-state index contributed by atoms with van der Waals surface area (Å²) in [6, 6.07) is 4.12. The fourth-order valence-electron chi connectivity index (χ4n) is 3.10. The molecule has 1 aromatic carbocycles. The van der Waals surface area contributed by atoms with Crippen LogP contribution in [0.3, 0.4) is 0 Å². The van der Waals surface area contributed by atoms with Crippen LogP contribution in [0.1, 0.15) is 36.5 Å². The molecule has 5 nitrogen and oxygen atoms in total. The van der Waals surface area contributed by atoms with Gasteiger partial charge in [-0.2, -0.15) is 0 Å². The lowest BCUT2D eigenvalue weighted by atomic mass is 9.74. The monoisotopic (exact) mass is 343 g/mol. The Kier molecular flexibility index (Phi) is 5.26. The number of carbonyl (C=O) groups excluding carboxylic acids is 1. The molecule has 0 aliphatic carbocycles. The molecule has 1 aliphatic rings. The summed E-state index contributed by atoms with van der Waals surface area (Å²) < 4.78 is 14.0. The van der Waals surface area contributed by atoms with Gasteiger partial charge < -0.3 is 15.1 Å². The Bertz CT molecular complexity index is 624. The highest BCUT2D eigenvalue weighted by atomic mass is 35.5. The van der Waals surface area contributed by atoms with Crippen molar-refractivity contribution in [1.82, 2.24) is 4.90 Å². The van der Waals surface area contributed by atoms with Gasteiger partial charge in [0.25, 0.3) is 5.91 Å². The van der Waals surface area contributed by atoms with Gasteiger partial charge in [-0.05, 0) is 25.0 Å². The maximum Gasteiger partial charge on any atom is 0.314 e. The first-order valence-corrected chi connectivity index (χ1v) is 7.86. The summed E-state index contributed by atoms with van der Waals surface area (Å²) in [6.45, 7) is 1.83. The van der Waals surface area contributed by atoms with Crippen molar-refractivity contribution in [1.29, 1.82) is 0 Å². The normalized spacial score (nSPS) is 24.5. The van der Waals surface area contributed by atoms with E-state index in [0.717, 1.165) is 0 Å². The Labute approximate surface area is 138 Å². The van der Waals surface area contributed by atoms with Crippen LogP contribution >= 0.6 is 11.6 Å². The van der Waals surface area contributed by atoms with E-state index >= 15 is 0 Å². The summed E-state index contributed by atoms with van der Waals surface area (Å²) in [5, 5.41) is 19.6. The summed E-state index contributed by atoms with van der Waals surface area (Å²) >= 11 is 5.70. The number of amides is 1. The van der Waals surface area contributed by atoms with Crippen LogP contribution in [0, 0.1) is 11.2 Å². The lowest BCUT2D eigenvalue weighted by Crippen LogP contribution is -2.57. The van der Waals surface area contributed by atoms with Crippen molar-refractivity contribution in [2.75, 3.05) is 13.1 Å². The van der Waals surface area contributed by atoms with Crippen LogP contribution in [0.25, 0.3) is 0 Å². The van der Waals surface area contributed by atoms with Gasteiger partial charge in [0.2, 0.25) is 0 Å². The quantitative estimate of drug-likeness (QED) is 0.880. The fourth-order valence-corrected chi connectivity index (χ4v) is 3.28. The average molecular weight is 344 g/mol. The Morgan fingerprint density at radius 3 is 2.78 bits per heavy atom. The molecule has 2 atom stereocenters. The summed E-state index contributed by atoms with van der Waals surface area (Å²) in [6.07, 6.45) is -0.101. The van der Waals surface area contributed by atoms with E-state index < -0.39 is 29.2 Å². The largest absolute Gasteiger partial charge is 0.481 e. The SMILES string of the molecule is CCC[C@@]1(C(=O)O)CN(C(=O)c2cccc(Cl)c2F)CC[C@H]1O. The van der Waals surface area contributed by atoms with E-state index in [1.165, 1.54) is 23.1 Å². The van der Waals surface area contributed by atoms with Crippen molar-refractivity contribution < 1.29 is 24.2 Å². The van der Waals surface area contributed by atoms with Gasteiger partial charge in [0.1, 0.15) is 5.41 Å². The molecule has 0 spiro atoms. The van der Waals surface area contributed by atoms with Gasteiger partial charge in [-0.3, -0.25) is 9.59 Å². The zero-order valence-corrected chi connectivity index (χ0v) is 13.5. The van der Waals surface area contributed by atoms with Gasteiger partial charge >= 0.3 is 5.97 Å². The van der Waals surface area contributed by atoms with Crippen molar-refractivity contribution in [3.63, 3.8) is 0 Å². The molecular weight excluding hydrogens is 325 g/mol. The zero-order valence-electron chi connectivity index (χ0n) is 12.8. The Morgan fingerprint density at radius 1 is 1.48 bits per heavy atom. The highest BCUT2D eigenvalue weighted by Crippen LogP contribution is 2.36. The number of halogens is 2. The Hall–Kier alpha value is -1.66. The number of rotatable bonds is 4. The molecule has 0 radical (unpaired) electrons. The van der Waals surface area contributed by atoms with E-state index in [-0.39, 0.29) is 36.5 Å². The number of aliphatic hydroxyl groups is 1. The second-order valence-corrected chi connectivity index (χ2v) is 6.25. The van der Waals surface area contributed by atoms with Gasteiger partial charge in [-0.15, -0.1) is 0 Å². The second kappa shape index (κ2) is 6.84. The standard InChI is InChI=1S/C16H19ClFNO4/c1-2-7-16(15(22)23)9-19(8-6-12(16)20)14(21)10-4-3-5-11(17)13(10)18/h3-5,12,20H,2,6-9H2,1H3,(H,22,23)/t12-,16-/m1/s1. The fraction of sp³-hybridized carbons (Fsp3) is 0.500. The van der Waals surface area contributed by atoms with Gasteiger partial charge in [0.15, 0.2) is 5.82 Å². The molecule has 0 aromatic heterocycles. The number of nitrogens with zero attached hydrogens (tertiary/aromatic N) is 1. The zero-order chi connectivity index (χ0) is 17.2. The summed E-state index contributed by atoms with van der Waals surface area (Å²) in [4.78, 5) is 25.5. The number of carboxylic acids is 1. The second-order valence-electron chi connectivity index (χ2n) is 5.84. The number of hydrogen-bond donors (Lipinski definition) is 2. The number of carbonyl (C=O) groups is 2. The highest BCUT2D eigenvalue weighted by Gasteiger charge is 2.49. The lowest BCUT2D eigenvalue weighted by molar-refractivity contribution is -0.162.